The SMILES string of the molecule is Cc1ccc2cc(CN(Cc3cccs3)C(=S)NCC3CCCO3)c(=O)[nH]c2c1. The normalized spacial score (nSPS) is 16.2. The van der Waals surface area contributed by atoms with Crippen molar-refractivity contribution in [1.29, 1.82) is 0 Å². The molecule has 1 aliphatic heterocycles. The molecule has 1 fully saturated rings. The summed E-state index contributed by atoms with van der Waals surface area (Å²) in [5.41, 5.74) is 2.63. The second-order valence-corrected chi connectivity index (χ2v) is 8.89. The first-order valence-electron chi connectivity index (χ1n) is 9.88. The highest BCUT2D eigenvalue weighted by Gasteiger charge is 2.18. The molecule has 5 nitrogen and oxygen atoms in total. The summed E-state index contributed by atoms with van der Waals surface area (Å²) in [7, 11) is 0. The van der Waals surface area contributed by atoms with Gasteiger partial charge in [0.15, 0.2) is 5.11 Å². The van der Waals surface area contributed by atoms with E-state index >= 15 is 0 Å². The lowest BCUT2D eigenvalue weighted by atomic mass is 10.1. The molecule has 0 amide bonds. The highest BCUT2D eigenvalue weighted by Crippen LogP contribution is 2.17. The van der Waals surface area contributed by atoms with Crippen LogP contribution in [0.2, 0.25) is 0 Å². The van der Waals surface area contributed by atoms with Crippen LogP contribution >= 0.6 is 23.6 Å². The Morgan fingerprint density at radius 1 is 1.34 bits per heavy atom. The number of ether oxygens (including phenoxy) is 1. The summed E-state index contributed by atoms with van der Waals surface area (Å²) < 4.78 is 5.69. The lowest BCUT2D eigenvalue weighted by Gasteiger charge is -2.26. The van der Waals surface area contributed by atoms with Gasteiger partial charge in [0.1, 0.15) is 0 Å². The maximum atomic E-state index is 12.7. The maximum absolute atomic E-state index is 12.7. The van der Waals surface area contributed by atoms with E-state index in [0.717, 1.165) is 35.9 Å². The summed E-state index contributed by atoms with van der Waals surface area (Å²) >= 11 is 7.38. The zero-order valence-corrected chi connectivity index (χ0v) is 18.1. The molecule has 152 valence electrons. The number of aromatic nitrogens is 1. The van der Waals surface area contributed by atoms with Gasteiger partial charge in [-0.05, 0) is 66.5 Å². The number of pyridine rings is 1. The third-order valence-electron chi connectivity index (χ3n) is 5.16. The monoisotopic (exact) mass is 427 g/mol. The van der Waals surface area contributed by atoms with Crippen molar-refractivity contribution >= 4 is 39.6 Å². The highest BCUT2D eigenvalue weighted by molar-refractivity contribution is 7.80. The van der Waals surface area contributed by atoms with Crippen LogP contribution < -0.4 is 10.9 Å². The molecule has 0 spiro atoms. The fourth-order valence-electron chi connectivity index (χ4n) is 3.59. The van der Waals surface area contributed by atoms with Crippen LogP contribution in [0.4, 0.5) is 0 Å². The number of thiocarbonyl (C=S) groups is 1. The summed E-state index contributed by atoms with van der Waals surface area (Å²) in [6.07, 6.45) is 2.37. The summed E-state index contributed by atoms with van der Waals surface area (Å²) in [4.78, 5) is 19.0. The first kappa shape index (κ1) is 20.1. The average molecular weight is 428 g/mol. The fraction of sp³-hybridized carbons (Fsp3) is 0.364. The van der Waals surface area contributed by atoms with Gasteiger partial charge >= 0.3 is 0 Å². The van der Waals surface area contributed by atoms with Crippen molar-refractivity contribution in [3.63, 3.8) is 0 Å². The smallest absolute Gasteiger partial charge is 0.253 e. The van der Waals surface area contributed by atoms with Crippen LogP contribution in [0.1, 0.15) is 28.8 Å². The lowest BCUT2D eigenvalue weighted by molar-refractivity contribution is 0.113. The number of nitrogens with one attached hydrogen (secondary N) is 2. The van der Waals surface area contributed by atoms with E-state index in [1.54, 1.807) is 11.3 Å². The molecule has 3 heterocycles. The van der Waals surface area contributed by atoms with Crippen LogP contribution in [0, 0.1) is 6.92 Å². The van der Waals surface area contributed by atoms with E-state index in [9.17, 15) is 4.79 Å². The lowest BCUT2D eigenvalue weighted by Crippen LogP contribution is -2.42. The standard InChI is InChI=1S/C22H25N3O2S2/c1-15-6-7-16-11-17(21(26)24-20(16)10-15)13-25(14-19-5-3-9-29-19)22(28)23-12-18-4-2-8-27-18/h3,5-7,9-11,18H,2,4,8,12-14H2,1H3,(H,23,28)(H,24,26). The second kappa shape index (κ2) is 9.07. The molecule has 1 aromatic carbocycles. The Balaban J connectivity index is 1.54. The first-order chi connectivity index (χ1) is 14.1. The Kier molecular flexibility index (Phi) is 6.28. The maximum Gasteiger partial charge on any atom is 0.253 e. The quantitative estimate of drug-likeness (QED) is 0.584. The predicted molar refractivity (Wildman–Crippen MR) is 122 cm³/mol. The van der Waals surface area contributed by atoms with Gasteiger partial charge in [0, 0.05) is 29.1 Å². The number of nitrogens with zero attached hydrogens (tertiary/aromatic N) is 1. The van der Waals surface area contributed by atoms with Gasteiger partial charge in [0.25, 0.3) is 5.56 Å². The third kappa shape index (κ3) is 5.04. The topological polar surface area (TPSA) is 57.4 Å². The van der Waals surface area contributed by atoms with Crippen molar-refractivity contribution in [3.8, 4) is 0 Å². The number of aryl methyl sites for hydroxylation is 1. The van der Waals surface area contributed by atoms with E-state index in [1.807, 2.05) is 31.2 Å². The Morgan fingerprint density at radius 2 is 2.24 bits per heavy atom. The minimum absolute atomic E-state index is 0.0683. The van der Waals surface area contributed by atoms with Gasteiger partial charge in [-0.25, -0.2) is 0 Å². The molecule has 2 aromatic heterocycles. The molecular formula is C22H25N3O2S2. The third-order valence-corrected chi connectivity index (χ3v) is 6.42. The van der Waals surface area contributed by atoms with Gasteiger partial charge in [-0.2, -0.15) is 0 Å². The predicted octanol–water partition coefficient (Wildman–Crippen LogP) is 3.95. The van der Waals surface area contributed by atoms with Crippen LogP contribution in [0.5, 0.6) is 0 Å². The Labute approximate surface area is 179 Å². The molecule has 29 heavy (non-hydrogen) atoms. The van der Waals surface area contributed by atoms with Gasteiger partial charge in [-0.15, -0.1) is 11.3 Å². The molecule has 0 radical (unpaired) electrons. The molecule has 1 saturated heterocycles. The molecule has 3 aromatic rings. The van der Waals surface area contributed by atoms with Crippen molar-refractivity contribution in [3.05, 3.63) is 68.1 Å². The van der Waals surface area contributed by atoms with Crippen LogP contribution in [0.3, 0.4) is 0 Å². The van der Waals surface area contributed by atoms with Crippen LogP contribution in [-0.2, 0) is 17.8 Å². The van der Waals surface area contributed by atoms with E-state index in [-0.39, 0.29) is 11.7 Å². The number of thiophene rings is 1. The minimum atomic E-state index is -0.0683. The molecule has 2 N–H and O–H groups in total. The number of hydrogen-bond donors (Lipinski definition) is 2. The largest absolute Gasteiger partial charge is 0.376 e. The highest BCUT2D eigenvalue weighted by atomic mass is 32.1. The van der Waals surface area contributed by atoms with Gasteiger partial charge in [0.2, 0.25) is 0 Å². The molecule has 0 bridgehead atoms. The molecule has 1 aliphatic rings. The Morgan fingerprint density at radius 3 is 3.00 bits per heavy atom. The number of hydrogen-bond acceptors (Lipinski definition) is 4. The molecule has 1 atom stereocenters. The number of benzene rings is 1. The molecule has 0 saturated carbocycles. The van der Waals surface area contributed by atoms with Crippen molar-refractivity contribution in [2.75, 3.05) is 13.2 Å². The van der Waals surface area contributed by atoms with Crippen molar-refractivity contribution in [2.45, 2.75) is 39.0 Å². The van der Waals surface area contributed by atoms with Crippen LogP contribution in [0.15, 0.2) is 46.6 Å². The average Bonchev–Trinajstić information content (AvgIpc) is 3.40. The number of fused-ring (bicyclic) bond motifs is 1. The molecular weight excluding hydrogens is 402 g/mol. The summed E-state index contributed by atoms with van der Waals surface area (Å²) in [5, 5.41) is 7.08. The summed E-state index contributed by atoms with van der Waals surface area (Å²) in [5.74, 6) is 0. The van der Waals surface area contributed by atoms with Gasteiger partial charge in [-0.1, -0.05) is 18.2 Å². The minimum Gasteiger partial charge on any atom is -0.376 e. The van der Waals surface area contributed by atoms with Crippen LogP contribution in [-0.4, -0.2) is 34.3 Å². The number of rotatable bonds is 6. The van der Waals surface area contributed by atoms with E-state index in [4.69, 9.17) is 17.0 Å². The molecule has 7 heteroatoms. The van der Waals surface area contributed by atoms with Gasteiger partial charge < -0.3 is 19.9 Å². The van der Waals surface area contributed by atoms with Crippen molar-refractivity contribution in [1.82, 2.24) is 15.2 Å². The van der Waals surface area contributed by atoms with Gasteiger partial charge in [0.05, 0.1) is 19.2 Å². The van der Waals surface area contributed by atoms with E-state index < -0.39 is 0 Å². The molecule has 0 aliphatic carbocycles. The van der Waals surface area contributed by atoms with Crippen LogP contribution in [0.25, 0.3) is 10.9 Å². The fourth-order valence-corrected chi connectivity index (χ4v) is 4.52. The van der Waals surface area contributed by atoms with E-state index in [2.05, 4.69) is 32.7 Å². The number of aromatic amines is 1. The molecule has 1 unspecified atom stereocenters. The number of H-pyrrole nitrogens is 1. The summed E-state index contributed by atoms with van der Waals surface area (Å²) in [6.45, 7) is 4.67. The van der Waals surface area contributed by atoms with E-state index in [1.165, 1.54) is 4.88 Å². The summed E-state index contributed by atoms with van der Waals surface area (Å²) in [6, 6.07) is 12.2. The zero-order chi connectivity index (χ0) is 20.2. The first-order valence-corrected chi connectivity index (χ1v) is 11.2. The van der Waals surface area contributed by atoms with Gasteiger partial charge in [-0.3, -0.25) is 4.79 Å². The van der Waals surface area contributed by atoms with Crippen molar-refractivity contribution in [2.24, 2.45) is 0 Å². The Hall–Kier alpha value is -2.22. The van der Waals surface area contributed by atoms with E-state index in [0.29, 0.717) is 30.3 Å². The molecule has 4 rings (SSSR count). The van der Waals surface area contributed by atoms with Crippen molar-refractivity contribution < 1.29 is 4.74 Å². The Bertz CT molecular complexity index is 1040. The zero-order valence-electron chi connectivity index (χ0n) is 16.4. The second-order valence-electron chi connectivity index (χ2n) is 7.47.